The average molecular weight is 424 g/mol. The van der Waals surface area contributed by atoms with Crippen molar-refractivity contribution >= 4 is 16.9 Å². The van der Waals surface area contributed by atoms with Crippen LogP contribution in [0.5, 0.6) is 5.75 Å². The van der Waals surface area contributed by atoms with Gasteiger partial charge in [-0.2, -0.15) is 0 Å². The molecule has 2 heterocycles. The number of nitrogens with zero attached hydrogens (tertiary/aromatic N) is 1. The van der Waals surface area contributed by atoms with E-state index in [0.29, 0.717) is 34.6 Å². The third kappa shape index (κ3) is 5.09. The number of esters is 1. The number of carbonyl (C=O) groups is 1. The molecule has 0 spiro atoms. The highest BCUT2D eigenvalue weighted by atomic mass is 16.5. The van der Waals surface area contributed by atoms with E-state index in [1.807, 2.05) is 30.3 Å². The van der Waals surface area contributed by atoms with Crippen molar-refractivity contribution < 1.29 is 23.8 Å². The Morgan fingerprint density at radius 1 is 1.13 bits per heavy atom. The first-order valence-corrected chi connectivity index (χ1v) is 11.0. The van der Waals surface area contributed by atoms with E-state index < -0.39 is 12.1 Å². The molecule has 4 rings (SSSR count). The molecule has 0 bridgehead atoms. The van der Waals surface area contributed by atoms with Crippen LogP contribution in [0.15, 0.2) is 52.9 Å². The monoisotopic (exact) mass is 423 g/mol. The summed E-state index contributed by atoms with van der Waals surface area (Å²) in [5.74, 6) is 0.634. The zero-order valence-corrected chi connectivity index (χ0v) is 17.9. The molecule has 0 radical (unpaired) electrons. The number of fused-ring (bicyclic) bond motifs is 1. The largest absolute Gasteiger partial charge is 0.491 e. The molecule has 1 atom stereocenters. The number of carbonyl (C=O) groups excluding carboxylic acids is 1. The molecular weight excluding hydrogens is 394 g/mol. The third-order valence-corrected chi connectivity index (χ3v) is 5.53. The van der Waals surface area contributed by atoms with Crippen molar-refractivity contribution in [1.82, 2.24) is 4.90 Å². The molecule has 0 aliphatic carbocycles. The quantitative estimate of drug-likeness (QED) is 0.538. The number of likely N-dealkylation sites (tertiary alicyclic amines) is 1. The summed E-state index contributed by atoms with van der Waals surface area (Å²) >= 11 is 0. The summed E-state index contributed by atoms with van der Waals surface area (Å²) in [7, 11) is 0. The van der Waals surface area contributed by atoms with Crippen LogP contribution in [0.4, 0.5) is 0 Å². The molecule has 3 aromatic rings. The van der Waals surface area contributed by atoms with E-state index in [4.69, 9.17) is 13.9 Å². The highest BCUT2D eigenvalue weighted by Crippen LogP contribution is 2.36. The lowest BCUT2D eigenvalue weighted by Gasteiger charge is -2.28. The summed E-state index contributed by atoms with van der Waals surface area (Å²) in [6.45, 7) is 4.92. The maximum Gasteiger partial charge on any atom is 0.342 e. The molecule has 1 aliphatic rings. The minimum Gasteiger partial charge on any atom is -0.491 e. The Balaban J connectivity index is 1.55. The van der Waals surface area contributed by atoms with Crippen molar-refractivity contribution in [3.8, 4) is 17.1 Å². The Bertz CT molecular complexity index is 1010. The number of hydrogen-bond donors (Lipinski definition) is 1. The number of ether oxygens (including phenoxy) is 2. The Hall–Kier alpha value is -2.83. The van der Waals surface area contributed by atoms with Gasteiger partial charge in [0.2, 0.25) is 0 Å². The van der Waals surface area contributed by atoms with Gasteiger partial charge in [-0.05, 0) is 51.1 Å². The summed E-state index contributed by atoms with van der Waals surface area (Å²) in [5.41, 5.74) is 1.78. The highest BCUT2D eigenvalue weighted by Gasteiger charge is 2.24. The highest BCUT2D eigenvalue weighted by molar-refractivity contribution is 6.09. The van der Waals surface area contributed by atoms with Crippen LogP contribution < -0.4 is 4.74 Å². The van der Waals surface area contributed by atoms with E-state index in [9.17, 15) is 9.90 Å². The second-order valence-electron chi connectivity index (χ2n) is 7.88. The molecule has 0 unspecified atom stereocenters. The molecule has 6 heteroatoms. The second kappa shape index (κ2) is 9.98. The van der Waals surface area contributed by atoms with E-state index in [1.54, 1.807) is 25.1 Å². The molecule has 2 aromatic carbocycles. The van der Waals surface area contributed by atoms with Gasteiger partial charge in [0.15, 0.2) is 0 Å². The maximum absolute atomic E-state index is 12.7. The van der Waals surface area contributed by atoms with E-state index in [2.05, 4.69) is 4.90 Å². The molecule has 1 aromatic heterocycles. The lowest BCUT2D eigenvalue weighted by molar-refractivity contribution is 0.0528. The molecule has 0 saturated carbocycles. The van der Waals surface area contributed by atoms with Gasteiger partial charge in [-0.15, -0.1) is 0 Å². The van der Waals surface area contributed by atoms with Crippen LogP contribution >= 0.6 is 0 Å². The smallest absolute Gasteiger partial charge is 0.342 e. The number of piperidine rings is 1. The predicted molar refractivity (Wildman–Crippen MR) is 119 cm³/mol. The molecule has 0 amide bonds. The first-order chi connectivity index (χ1) is 15.2. The van der Waals surface area contributed by atoms with Crippen LogP contribution in [0.1, 0.15) is 36.5 Å². The lowest BCUT2D eigenvalue weighted by Crippen LogP contribution is -2.38. The van der Waals surface area contributed by atoms with Gasteiger partial charge in [-0.1, -0.05) is 36.8 Å². The summed E-state index contributed by atoms with van der Waals surface area (Å²) < 4.78 is 17.2. The zero-order chi connectivity index (χ0) is 21.6. The fourth-order valence-corrected chi connectivity index (χ4v) is 4.05. The van der Waals surface area contributed by atoms with Crippen molar-refractivity contribution in [3.63, 3.8) is 0 Å². The third-order valence-electron chi connectivity index (χ3n) is 5.53. The van der Waals surface area contributed by atoms with Gasteiger partial charge in [0.1, 0.15) is 35.4 Å². The van der Waals surface area contributed by atoms with Gasteiger partial charge in [0, 0.05) is 17.5 Å². The number of furan rings is 1. The van der Waals surface area contributed by atoms with E-state index in [0.717, 1.165) is 18.7 Å². The molecular formula is C25H29NO5. The molecule has 164 valence electrons. The van der Waals surface area contributed by atoms with Crippen molar-refractivity contribution in [2.24, 2.45) is 0 Å². The maximum atomic E-state index is 12.7. The average Bonchev–Trinajstić information content (AvgIpc) is 3.18. The predicted octanol–water partition coefficient (Wildman–Crippen LogP) is 4.50. The molecule has 1 N–H and O–H groups in total. The standard InChI is InChI=1S/C25H29NO5/c1-2-29-25(28)23-21-15-20(30-17-19(27)16-26-13-7-4-8-14-26)11-12-22(21)31-24(23)18-9-5-3-6-10-18/h3,5-6,9-12,15,19,27H,2,4,7-8,13-14,16-17H2,1H3/t19-/m1/s1. The fraction of sp³-hybridized carbons (Fsp3) is 0.400. The SMILES string of the molecule is CCOC(=O)c1c(-c2ccccc2)oc2ccc(OC[C@H](O)CN3CCCCC3)cc12. The summed E-state index contributed by atoms with van der Waals surface area (Å²) in [6.07, 6.45) is 3.07. The Kier molecular flexibility index (Phi) is 6.89. The van der Waals surface area contributed by atoms with Crippen molar-refractivity contribution in [3.05, 3.63) is 54.1 Å². The first-order valence-electron chi connectivity index (χ1n) is 11.0. The lowest BCUT2D eigenvalue weighted by atomic mass is 10.1. The van der Waals surface area contributed by atoms with Gasteiger partial charge in [-0.25, -0.2) is 4.79 Å². The van der Waals surface area contributed by atoms with Gasteiger partial charge >= 0.3 is 5.97 Å². The fourth-order valence-electron chi connectivity index (χ4n) is 4.05. The van der Waals surface area contributed by atoms with Crippen LogP contribution in [-0.4, -0.2) is 54.9 Å². The summed E-state index contributed by atoms with van der Waals surface area (Å²) in [5, 5.41) is 11.0. The van der Waals surface area contributed by atoms with E-state index >= 15 is 0 Å². The van der Waals surface area contributed by atoms with Gasteiger partial charge in [-0.3, -0.25) is 0 Å². The molecule has 31 heavy (non-hydrogen) atoms. The molecule has 1 fully saturated rings. The zero-order valence-electron chi connectivity index (χ0n) is 17.9. The molecule has 1 aliphatic heterocycles. The topological polar surface area (TPSA) is 72.1 Å². The van der Waals surface area contributed by atoms with Crippen LogP contribution in [0.2, 0.25) is 0 Å². The Labute approximate surface area is 182 Å². The number of β-amino-alcohol motifs (C(OH)–C–C–N with tert-alkyl or cyclic N) is 1. The van der Waals surface area contributed by atoms with E-state index in [1.165, 1.54) is 19.3 Å². The normalized spacial score (nSPS) is 15.7. The number of rotatable bonds is 8. The van der Waals surface area contributed by atoms with E-state index in [-0.39, 0.29) is 13.2 Å². The van der Waals surface area contributed by atoms with Crippen LogP contribution in [-0.2, 0) is 4.74 Å². The molecule has 1 saturated heterocycles. The van der Waals surface area contributed by atoms with Crippen molar-refractivity contribution in [2.75, 3.05) is 32.8 Å². The number of aliphatic hydroxyl groups excluding tert-OH is 1. The van der Waals surface area contributed by atoms with Gasteiger partial charge < -0.3 is 23.9 Å². The minimum atomic E-state index is -0.567. The van der Waals surface area contributed by atoms with Gasteiger partial charge in [0.05, 0.1) is 6.61 Å². The number of hydrogen-bond acceptors (Lipinski definition) is 6. The summed E-state index contributed by atoms with van der Waals surface area (Å²) in [6, 6.07) is 14.9. The van der Waals surface area contributed by atoms with Crippen LogP contribution in [0, 0.1) is 0 Å². The molecule has 6 nitrogen and oxygen atoms in total. The van der Waals surface area contributed by atoms with Gasteiger partial charge in [0.25, 0.3) is 0 Å². The Morgan fingerprint density at radius 3 is 2.65 bits per heavy atom. The van der Waals surface area contributed by atoms with Crippen LogP contribution in [0.25, 0.3) is 22.3 Å². The van der Waals surface area contributed by atoms with Crippen LogP contribution in [0.3, 0.4) is 0 Å². The number of aliphatic hydroxyl groups is 1. The second-order valence-corrected chi connectivity index (χ2v) is 7.88. The first kappa shape index (κ1) is 21.4. The number of benzene rings is 2. The Morgan fingerprint density at radius 2 is 1.90 bits per heavy atom. The minimum absolute atomic E-state index is 0.195. The summed E-state index contributed by atoms with van der Waals surface area (Å²) in [4.78, 5) is 15.0. The van der Waals surface area contributed by atoms with Crippen molar-refractivity contribution in [2.45, 2.75) is 32.3 Å². The van der Waals surface area contributed by atoms with Crippen molar-refractivity contribution in [1.29, 1.82) is 0 Å².